The normalized spacial score (nSPS) is 27.5. The van der Waals surface area contributed by atoms with Crippen molar-refractivity contribution in [1.29, 1.82) is 0 Å². The summed E-state index contributed by atoms with van der Waals surface area (Å²) in [6.07, 6.45) is 11.2. The second kappa shape index (κ2) is 11.3. The van der Waals surface area contributed by atoms with Crippen LogP contribution in [0.4, 0.5) is 0 Å². The first kappa shape index (κ1) is 18.2. The number of hydrogen-bond donors (Lipinski definition) is 0. The molecule has 1 aliphatic carbocycles. The molecule has 0 aliphatic heterocycles. The Morgan fingerprint density at radius 2 is 1.87 bits per heavy atom. The minimum atomic E-state index is 0. The van der Waals surface area contributed by atoms with E-state index in [0.29, 0.717) is 5.92 Å². The van der Waals surface area contributed by atoms with Crippen molar-refractivity contribution in [2.45, 2.75) is 60.3 Å². The molecule has 88 valence electrons. The fourth-order valence-electron chi connectivity index (χ4n) is 2.33. The Hall–Kier alpha value is 0.792. The van der Waals surface area contributed by atoms with Crippen molar-refractivity contribution in [2.24, 2.45) is 17.8 Å². The molecule has 0 radical (unpaired) electrons. The molecule has 0 nitrogen and oxygen atoms in total. The SMILES string of the molecule is CC.CC=[C-][C@@H](C)[C@H]1CCC[C@@H](C)C1.[U]. The molecule has 1 aliphatic rings. The molecule has 1 saturated carbocycles. The topological polar surface area (TPSA) is 0 Å². The summed E-state index contributed by atoms with van der Waals surface area (Å²) in [5.41, 5.74) is 0. The minimum Gasteiger partial charge on any atom is -0.498 e. The largest absolute Gasteiger partial charge is 0.498 e. The van der Waals surface area contributed by atoms with Crippen molar-refractivity contribution in [3.8, 4) is 0 Å². The van der Waals surface area contributed by atoms with Crippen LogP contribution in [-0.4, -0.2) is 0 Å². The van der Waals surface area contributed by atoms with Crippen molar-refractivity contribution >= 4 is 0 Å². The summed E-state index contributed by atoms with van der Waals surface area (Å²) in [7, 11) is 0. The fourth-order valence-corrected chi connectivity index (χ4v) is 2.33. The Bertz CT molecular complexity index is 151. The van der Waals surface area contributed by atoms with Crippen LogP contribution in [0.1, 0.15) is 60.3 Å². The smallest absolute Gasteiger partial charge is 0 e. The van der Waals surface area contributed by atoms with Crippen LogP contribution >= 0.6 is 0 Å². The summed E-state index contributed by atoms with van der Waals surface area (Å²) < 4.78 is 0. The van der Waals surface area contributed by atoms with Gasteiger partial charge >= 0.3 is 0 Å². The summed E-state index contributed by atoms with van der Waals surface area (Å²) in [6, 6.07) is 0. The molecule has 0 amide bonds. The zero-order valence-electron chi connectivity index (χ0n) is 11.1. The summed E-state index contributed by atoms with van der Waals surface area (Å²) in [5.74, 6) is 2.53. The zero-order valence-corrected chi connectivity index (χ0v) is 15.3. The first-order chi connectivity index (χ1) is 6.74. The van der Waals surface area contributed by atoms with Gasteiger partial charge in [-0.2, -0.15) is 5.92 Å². The third-order valence-electron chi connectivity index (χ3n) is 3.11. The third kappa shape index (κ3) is 7.65. The molecular formula is C14H27U-. The molecule has 1 fully saturated rings. The Kier molecular flexibility index (Phi) is 13.7. The molecule has 1 rings (SSSR count). The van der Waals surface area contributed by atoms with Crippen molar-refractivity contribution < 1.29 is 31.1 Å². The van der Waals surface area contributed by atoms with Crippen LogP contribution in [0.15, 0.2) is 6.08 Å². The van der Waals surface area contributed by atoms with Gasteiger partial charge in [-0.05, 0) is 12.3 Å². The van der Waals surface area contributed by atoms with Gasteiger partial charge in [0, 0.05) is 31.1 Å². The quantitative estimate of drug-likeness (QED) is 0.546. The van der Waals surface area contributed by atoms with Gasteiger partial charge in [-0.15, -0.1) is 0 Å². The molecule has 0 aromatic carbocycles. The Morgan fingerprint density at radius 3 is 2.33 bits per heavy atom. The van der Waals surface area contributed by atoms with E-state index in [-0.39, 0.29) is 31.1 Å². The van der Waals surface area contributed by atoms with Gasteiger partial charge in [-0.25, -0.2) is 0 Å². The molecule has 0 aromatic heterocycles. The third-order valence-corrected chi connectivity index (χ3v) is 3.11. The van der Waals surface area contributed by atoms with Gasteiger partial charge in [-0.1, -0.05) is 59.8 Å². The van der Waals surface area contributed by atoms with E-state index in [1.807, 2.05) is 13.8 Å². The van der Waals surface area contributed by atoms with E-state index in [0.717, 1.165) is 11.8 Å². The Morgan fingerprint density at radius 1 is 1.27 bits per heavy atom. The van der Waals surface area contributed by atoms with Crippen LogP contribution < -0.4 is 0 Å². The molecule has 15 heavy (non-hydrogen) atoms. The van der Waals surface area contributed by atoms with E-state index >= 15 is 0 Å². The van der Waals surface area contributed by atoms with E-state index in [1.54, 1.807) is 0 Å². The van der Waals surface area contributed by atoms with Crippen LogP contribution in [0.5, 0.6) is 0 Å². The van der Waals surface area contributed by atoms with E-state index in [2.05, 4.69) is 32.9 Å². The Labute approximate surface area is 121 Å². The van der Waals surface area contributed by atoms with Gasteiger partial charge in [0.2, 0.25) is 0 Å². The van der Waals surface area contributed by atoms with Crippen molar-refractivity contribution in [3.05, 3.63) is 12.2 Å². The monoisotopic (exact) mass is 433 g/mol. The van der Waals surface area contributed by atoms with Gasteiger partial charge in [0.15, 0.2) is 0 Å². The molecule has 3 atom stereocenters. The first-order valence-corrected chi connectivity index (χ1v) is 6.28. The van der Waals surface area contributed by atoms with Crippen LogP contribution in [-0.2, 0) is 0 Å². The molecule has 0 spiro atoms. The zero-order chi connectivity index (χ0) is 11.0. The van der Waals surface area contributed by atoms with E-state index in [4.69, 9.17) is 0 Å². The number of rotatable bonds is 2. The van der Waals surface area contributed by atoms with Gasteiger partial charge < -0.3 is 6.08 Å². The second-order valence-corrected chi connectivity index (χ2v) is 4.28. The summed E-state index contributed by atoms with van der Waals surface area (Å²) >= 11 is 0. The van der Waals surface area contributed by atoms with E-state index in [9.17, 15) is 0 Å². The maximum atomic E-state index is 3.41. The van der Waals surface area contributed by atoms with Crippen LogP contribution in [0, 0.1) is 54.9 Å². The van der Waals surface area contributed by atoms with Crippen molar-refractivity contribution in [2.75, 3.05) is 0 Å². The predicted octanol–water partition coefficient (Wildman–Crippen LogP) is 4.85. The van der Waals surface area contributed by atoms with Crippen LogP contribution in [0.3, 0.4) is 0 Å². The molecule has 0 N–H and O–H groups in total. The molecule has 0 aromatic rings. The minimum absolute atomic E-state index is 0. The van der Waals surface area contributed by atoms with Crippen LogP contribution in [0.25, 0.3) is 0 Å². The molecule has 0 heterocycles. The average molecular weight is 433 g/mol. The molecule has 0 saturated heterocycles. The van der Waals surface area contributed by atoms with Gasteiger partial charge in [0.05, 0.1) is 0 Å². The average Bonchev–Trinajstić information content (AvgIpc) is 2.21. The fraction of sp³-hybridized carbons (Fsp3) is 0.857. The first-order valence-electron chi connectivity index (χ1n) is 6.28. The van der Waals surface area contributed by atoms with E-state index in [1.165, 1.54) is 25.7 Å². The maximum Gasteiger partial charge on any atom is 0 e. The Balaban J connectivity index is 0. The summed E-state index contributed by atoms with van der Waals surface area (Å²) in [5, 5.41) is 0. The van der Waals surface area contributed by atoms with E-state index < -0.39 is 0 Å². The number of hydrogen-bond acceptors (Lipinski definition) is 0. The molecule has 0 bridgehead atoms. The second-order valence-electron chi connectivity index (χ2n) is 4.28. The predicted molar refractivity (Wildman–Crippen MR) is 65.1 cm³/mol. The van der Waals surface area contributed by atoms with Gasteiger partial charge in [-0.3, -0.25) is 6.08 Å². The van der Waals surface area contributed by atoms with Crippen molar-refractivity contribution in [1.82, 2.24) is 0 Å². The number of allylic oxidation sites excluding steroid dienone is 2. The standard InChI is InChI=1S/C12H21.C2H6.U/c1-4-6-11(3)12-8-5-7-10(2)9-12;1-2;/h4,10-12H,5,7-9H2,1-3H3;1-2H3;/q-1;;/t10-,11-,12+;;/m1../s1. The molecule has 0 unspecified atom stereocenters. The van der Waals surface area contributed by atoms with Gasteiger partial charge in [0.25, 0.3) is 0 Å². The summed E-state index contributed by atoms with van der Waals surface area (Å²) in [6.45, 7) is 10.8. The van der Waals surface area contributed by atoms with Crippen molar-refractivity contribution in [3.63, 3.8) is 0 Å². The summed E-state index contributed by atoms with van der Waals surface area (Å²) in [4.78, 5) is 0. The molecule has 1 heteroatoms. The molecular weight excluding hydrogens is 406 g/mol. The van der Waals surface area contributed by atoms with Crippen LogP contribution in [0.2, 0.25) is 0 Å². The van der Waals surface area contributed by atoms with Gasteiger partial charge in [0.1, 0.15) is 0 Å². The maximum absolute atomic E-state index is 3.41.